The van der Waals surface area contributed by atoms with Gasteiger partial charge in [0.25, 0.3) is 0 Å². The Balaban J connectivity index is 1.84. The molecule has 0 unspecified atom stereocenters. The van der Waals surface area contributed by atoms with Crippen LogP contribution >= 0.6 is 0 Å². The Kier molecular flexibility index (Phi) is 3.47. The predicted octanol–water partition coefficient (Wildman–Crippen LogP) is 2.94. The Morgan fingerprint density at radius 3 is 2.76 bits per heavy atom. The van der Waals surface area contributed by atoms with Crippen molar-refractivity contribution < 1.29 is 9.90 Å². The topological polar surface area (TPSA) is 75.1 Å². The number of para-hydroxylation sites is 1. The molecule has 3 aromatic rings. The van der Waals surface area contributed by atoms with Crippen LogP contribution in [0.1, 0.15) is 16.1 Å². The molecule has 0 fully saturated rings. The van der Waals surface area contributed by atoms with Gasteiger partial charge < -0.3 is 10.4 Å². The molecular formula is C16H13N3O2. The second kappa shape index (κ2) is 5.58. The number of carboxylic acids is 1. The second-order valence-corrected chi connectivity index (χ2v) is 4.56. The molecule has 2 N–H and O–H groups in total. The van der Waals surface area contributed by atoms with Gasteiger partial charge in [0.05, 0.1) is 5.52 Å². The molecule has 2 heterocycles. The molecule has 1 aromatic carbocycles. The molecular weight excluding hydrogens is 266 g/mol. The summed E-state index contributed by atoms with van der Waals surface area (Å²) in [5.74, 6) is -0.506. The van der Waals surface area contributed by atoms with Crippen LogP contribution in [0.5, 0.6) is 0 Å². The first-order chi connectivity index (χ1) is 10.2. The van der Waals surface area contributed by atoms with E-state index in [1.165, 1.54) is 6.07 Å². The molecule has 0 radical (unpaired) electrons. The Morgan fingerprint density at radius 1 is 1.10 bits per heavy atom. The summed E-state index contributed by atoms with van der Waals surface area (Å²) in [6.45, 7) is 0.532. The van der Waals surface area contributed by atoms with Gasteiger partial charge in [-0.05, 0) is 23.8 Å². The number of hydrogen-bond acceptors (Lipinski definition) is 4. The van der Waals surface area contributed by atoms with Gasteiger partial charge in [0.1, 0.15) is 5.82 Å². The first-order valence-electron chi connectivity index (χ1n) is 6.51. The van der Waals surface area contributed by atoms with Crippen LogP contribution in [0, 0.1) is 0 Å². The maximum absolute atomic E-state index is 10.9. The second-order valence-electron chi connectivity index (χ2n) is 4.56. The van der Waals surface area contributed by atoms with Crippen LogP contribution in [-0.4, -0.2) is 21.0 Å². The third-order valence-electron chi connectivity index (χ3n) is 3.14. The molecule has 104 valence electrons. The summed E-state index contributed by atoms with van der Waals surface area (Å²) < 4.78 is 0. The quantitative estimate of drug-likeness (QED) is 0.768. The molecule has 5 nitrogen and oxygen atoms in total. The molecule has 0 atom stereocenters. The highest BCUT2D eigenvalue weighted by Gasteiger charge is 2.06. The SMILES string of the molecule is O=C(O)c1cccc(NCc2cccc3cccnc23)n1. The summed E-state index contributed by atoms with van der Waals surface area (Å²) in [6.07, 6.45) is 1.76. The van der Waals surface area contributed by atoms with Crippen molar-refractivity contribution >= 4 is 22.7 Å². The molecule has 0 amide bonds. The summed E-state index contributed by atoms with van der Waals surface area (Å²) in [5.41, 5.74) is 1.99. The van der Waals surface area contributed by atoms with Crippen LogP contribution in [-0.2, 0) is 6.54 Å². The van der Waals surface area contributed by atoms with Gasteiger partial charge in [-0.2, -0.15) is 0 Å². The Bertz CT molecular complexity index is 797. The van der Waals surface area contributed by atoms with Gasteiger partial charge in [-0.1, -0.05) is 30.3 Å². The first-order valence-corrected chi connectivity index (χ1v) is 6.51. The number of aromatic carboxylic acids is 1. The van der Waals surface area contributed by atoms with E-state index in [1.54, 1.807) is 18.3 Å². The summed E-state index contributed by atoms with van der Waals surface area (Å²) in [5, 5.41) is 13.1. The summed E-state index contributed by atoms with van der Waals surface area (Å²) in [7, 11) is 0. The summed E-state index contributed by atoms with van der Waals surface area (Å²) in [4.78, 5) is 19.3. The smallest absolute Gasteiger partial charge is 0.354 e. The van der Waals surface area contributed by atoms with E-state index in [2.05, 4.69) is 15.3 Å². The molecule has 0 aliphatic carbocycles. The van der Waals surface area contributed by atoms with Crippen LogP contribution in [0.3, 0.4) is 0 Å². The number of carbonyl (C=O) groups is 1. The van der Waals surface area contributed by atoms with E-state index in [1.807, 2.05) is 30.3 Å². The fourth-order valence-corrected chi connectivity index (χ4v) is 2.15. The van der Waals surface area contributed by atoms with Gasteiger partial charge in [-0.3, -0.25) is 4.98 Å². The van der Waals surface area contributed by atoms with Crippen LogP contribution in [0.15, 0.2) is 54.7 Å². The first kappa shape index (κ1) is 13.1. The lowest BCUT2D eigenvalue weighted by Gasteiger charge is -2.08. The van der Waals surface area contributed by atoms with Gasteiger partial charge in [-0.15, -0.1) is 0 Å². The number of nitrogens with one attached hydrogen (secondary N) is 1. The van der Waals surface area contributed by atoms with Crippen LogP contribution in [0.25, 0.3) is 10.9 Å². The molecule has 0 bridgehead atoms. The number of fused-ring (bicyclic) bond motifs is 1. The largest absolute Gasteiger partial charge is 0.477 e. The van der Waals surface area contributed by atoms with Crippen molar-refractivity contribution in [2.75, 3.05) is 5.32 Å². The van der Waals surface area contributed by atoms with Gasteiger partial charge in [-0.25, -0.2) is 9.78 Å². The molecule has 0 aliphatic rings. The minimum Gasteiger partial charge on any atom is -0.477 e. The maximum atomic E-state index is 10.9. The third kappa shape index (κ3) is 2.81. The number of benzene rings is 1. The molecule has 0 aliphatic heterocycles. The number of rotatable bonds is 4. The molecule has 0 saturated carbocycles. The molecule has 0 saturated heterocycles. The predicted molar refractivity (Wildman–Crippen MR) is 80.3 cm³/mol. The number of hydrogen-bond donors (Lipinski definition) is 2. The highest BCUT2D eigenvalue weighted by Crippen LogP contribution is 2.17. The zero-order valence-electron chi connectivity index (χ0n) is 11.2. The molecule has 3 rings (SSSR count). The van der Waals surface area contributed by atoms with Crippen molar-refractivity contribution in [3.8, 4) is 0 Å². The van der Waals surface area contributed by atoms with Crippen molar-refractivity contribution in [1.82, 2.24) is 9.97 Å². The van der Waals surface area contributed by atoms with Crippen LogP contribution < -0.4 is 5.32 Å². The zero-order valence-corrected chi connectivity index (χ0v) is 11.2. The van der Waals surface area contributed by atoms with Gasteiger partial charge in [0.2, 0.25) is 0 Å². The standard InChI is InChI=1S/C16H13N3O2/c20-16(21)13-7-2-8-14(19-13)18-10-12-5-1-4-11-6-3-9-17-15(11)12/h1-9H,10H2,(H,18,19)(H,20,21). The van der Waals surface area contributed by atoms with E-state index in [9.17, 15) is 4.79 Å². The van der Waals surface area contributed by atoms with E-state index < -0.39 is 5.97 Å². The monoisotopic (exact) mass is 279 g/mol. The minimum absolute atomic E-state index is 0.0241. The van der Waals surface area contributed by atoms with E-state index in [4.69, 9.17) is 5.11 Å². The number of pyridine rings is 2. The fraction of sp³-hybridized carbons (Fsp3) is 0.0625. The van der Waals surface area contributed by atoms with Gasteiger partial charge >= 0.3 is 5.97 Å². The zero-order chi connectivity index (χ0) is 14.7. The molecule has 2 aromatic heterocycles. The molecule has 5 heteroatoms. The van der Waals surface area contributed by atoms with Crippen molar-refractivity contribution in [2.24, 2.45) is 0 Å². The number of nitrogens with zero attached hydrogens (tertiary/aromatic N) is 2. The Morgan fingerprint density at radius 2 is 1.90 bits per heavy atom. The lowest BCUT2D eigenvalue weighted by molar-refractivity contribution is 0.0690. The summed E-state index contributed by atoms with van der Waals surface area (Å²) in [6, 6.07) is 14.8. The summed E-state index contributed by atoms with van der Waals surface area (Å²) >= 11 is 0. The van der Waals surface area contributed by atoms with E-state index in [-0.39, 0.29) is 5.69 Å². The van der Waals surface area contributed by atoms with E-state index in [0.29, 0.717) is 12.4 Å². The third-order valence-corrected chi connectivity index (χ3v) is 3.14. The average Bonchev–Trinajstić information content (AvgIpc) is 2.53. The van der Waals surface area contributed by atoms with Gasteiger partial charge in [0, 0.05) is 18.1 Å². The van der Waals surface area contributed by atoms with Gasteiger partial charge in [0.15, 0.2) is 5.69 Å². The maximum Gasteiger partial charge on any atom is 0.354 e. The van der Waals surface area contributed by atoms with Crippen molar-refractivity contribution in [3.05, 3.63) is 66.0 Å². The Hall–Kier alpha value is -2.95. The lowest BCUT2D eigenvalue weighted by Crippen LogP contribution is -2.06. The number of aromatic nitrogens is 2. The fourth-order valence-electron chi connectivity index (χ4n) is 2.15. The number of anilines is 1. The van der Waals surface area contributed by atoms with E-state index in [0.717, 1.165) is 16.5 Å². The highest BCUT2D eigenvalue weighted by molar-refractivity contribution is 5.85. The van der Waals surface area contributed by atoms with Crippen molar-refractivity contribution in [3.63, 3.8) is 0 Å². The number of carboxylic acid groups (broad SMARTS) is 1. The normalized spacial score (nSPS) is 10.5. The molecule has 21 heavy (non-hydrogen) atoms. The van der Waals surface area contributed by atoms with E-state index >= 15 is 0 Å². The van der Waals surface area contributed by atoms with Crippen LogP contribution in [0.4, 0.5) is 5.82 Å². The average molecular weight is 279 g/mol. The highest BCUT2D eigenvalue weighted by atomic mass is 16.4. The van der Waals surface area contributed by atoms with Crippen molar-refractivity contribution in [1.29, 1.82) is 0 Å². The Labute approximate surface area is 121 Å². The lowest BCUT2D eigenvalue weighted by atomic mass is 10.1. The minimum atomic E-state index is -1.04. The van der Waals surface area contributed by atoms with Crippen LogP contribution in [0.2, 0.25) is 0 Å². The molecule has 0 spiro atoms. The van der Waals surface area contributed by atoms with Crippen molar-refractivity contribution in [2.45, 2.75) is 6.54 Å².